The summed E-state index contributed by atoms with van der Waals surface area (Å²) in [5, 5.41) is 3.27. The third kappa shape index (κ3) is 2.98. The number of nitrogens with zero attached hydrogens (tertiary/aromatic N) is 1. The van der Waals surface area contributed by atoms with Gasteiger partial charge in [0.05, 0.1) is 11.7 Å². The number of aromatic nitrogens is 1. The number of hydrogen-bond acceptors (Lipinski definition) is 5. The number of ether oxygens (including phenoxy) is 1. The van der Waals surface area contributed by atoms with Crippen LogP contribution in [-0.2, 0) is 14.3 Å². The fourth-order valence-electron chi connectivity index (χ4n) is 3.42. The molecule has 3 rings (SSSR count). The second-order valence-electron chi connectivity index (χ2n) is 6.50. The Morgan fingerprint density at radius 2 is 2.00 bits per heavy atom. The van der Waals surface area contributed by atoms with Crippen LogP contribution in [0.25, 0.3) is 0 Å². The molecule has 0 aromatic carbocycles. The first-order valence-electron chi connectivity index (χ1n) is 8.34. The minimum absolute atomic E-state index is 0.105. The summed E-state index contributed by atoms with van der Waals surface area (Å²) in [4.78, 5) is 29.4. The zero-order chi connectivity index (χ0) is 17.3. The van der Waals surface area contributed by atoms with Crippen LogP contribution in [0.15, 0.2) is 47.1 Å². The van der Waals surface area contributed by atoms with Gasteiger partial charge in [0, 0.05) is 41.7 Å². The maximum absolute atomic E-state index is 12.7. The van der Waals surface area contributed by atoms with Crippen molar-refractivity contribution in [1.82, 2.24) is 10.3 Å². The van der Waals surface area contributed by atoms with E-state index in [4.69, 9.17) is 4.74 Å². The van der Waals surface area contributed by atoms with E-state index < -0.39 is 0 Å². The lowest BCUT2D eigenvalue weighted by Gasteiger charge is -2.34. The lowest BCUT2D eigenvalue weighted by atomic mass is 9.75. The molecule has 1 N–H and O–H groups in total. The Balaban J connectivity index is 2.12. The van der Waals surface area contributed by atoms with Gasteiger partial charge < -0.3 is 10.1 Å². The van der Waals surface area contributed by atoms with E-state index in [2.05, 4.69) is 10.3 Å². The van der Waals surface area contributed by atoms with Crippen LogP contribution < -0.4 is 5.32 Å². The number of Topliss-reactive ketones (excluding diaryl/α,β-unsaturated/α-hetero) is 1. The molecule has 0 saturated carbocycles. The second-order valence-corrected chi connectivity index (χ2v) is 6.50. The van der Waals surface area contributed by atoms with Crippen LogP contribution in [-0.4, -0.2) is 22.8 Å². The van der Waals surface area contributed by atoms with Crippen LogP contribution in [0.1, 0.15) is 51.5 Å². The smallest absolute Gasteiger partial charge is 0.337 e. The lowest BCUT2D eigenvalue weighted by Crippen LogP contribution is -2.34. The molecule has 0 saturated heterocycles. The molecule has 1 aliphatic carbocycles. The highest BCUT2D eigenvalue weighted by Gasteiger charge is 2.39. The second kappa shape index (κ2) is 6.59. The zero-order valence-corrected chi connectivity index (χ0v) is 14.3. The zero-order valence-electron chi connectivity index (χ0n) is 14.3. The molecule has 5 heteroatoms. The third-order valence-electron chi connectivity index (χ3n) is 4.38. The first kappa shape index (κ1) is 16.4. The van der Waals surface area contributed by atoms with E-state index in [9.17, 15) is 9.59 Å². The van der Waals surface area contributed by atoms with Gasteiger partial charge in [-0.2, -0.15) is 0 Å². The van der Waals surface area contributed by atoms with Crippen molar-refractivity contribution in [2.45, 2.75) is 52.1 Å². The molecule has 0 spiro atoms. The summed E-state index contributed by atoms with van der Waals surface area (Å²) < 4.78 is 5.44. The predicted octanol–water partition coefficient (Wildman–Crippen LogP) is 3.00. The van der Waals surface area contributed by atoms with Gasteiger partial charge in [-0.1, -0.05) is 0 Å². The average Bonchev–Trinajstić information content (AvgIpc) is 2.53. The summed E-state index contributed by atoms with van der Waals surface area (Å²) in [6.45, 7) is 5.51. The van der Waals surface area contributed by atoms with Crippen molar-refractivity contribution in [1.29, 1.82) is 0 Å². The van der Waals surface area contributed by atoms with E-state index >= 15 is 0 Å². The fraction of sp³-hybridized carbons (Fsp3) is 0.421. The van der Waals surface area contributed by atoms with Crippen LogP contribution in [0.4, 0.5) is 0 Å². The van der Waals surface area contributed by atoms with Crippen molar-refractivity contribution < 1.29 is 14.3 Å². The van der Waals surface area contributed by atoms with Gasteiger partial charge in [0.15, 0.2) is 5.78 Å². The van der Waals surface area contributed by atoms with Gasteiger partial charge >= 0.3 is 5.97 Å². The summed E-state index contributed by atoms with van der Waals surface area (Å²) in [6.07, 6.45) is 5.35. The van der Waals surface area contributed by atoms with Crippen molar-refractivity contribution in [3.63, 3.8) is 0 Å². The van der Waals surface area contributed by atoms with Crippen LogP contribution in [0, 0.1) is 0 Å². The molecule has 24 heavy (non-hydrogen) atoms. The van der Waals surface area contributed by atoms with Crippen LogP contribution in [0.2, 0.25) is 0 Å². The predicted molar refractivity (Wildman–Crippen MR) is 89.9 cm³/mol. The van der Waals surface area contributed by atoms with Gasteiger partial charge in [-0.15, -0.1) is 0 Å². The Hall–Kier alpha value is -2.43. The molecule has 0 bridgehead atoms. The van der Waals surface area contributed by atoms with Gasteiger partial charge in [0.1, 0.15) is 0 Å². The first-order valence-corrected chi connectivity index (χ1v) is 8.34. The minimum atomic E-state index is -0.386. The van der Waals surface area contributed by atoms with E-state index in [1.807, 2.05) is 32.9 Å². The largest absolute Gasteiger partial charge is 0.460 e. The summed E-state index contributed by atoms with van der Waals surface area (Å²) in [7, 11) is 0. The fourth-order valence-corrected chi connectivity index (χ4v) is 3.42. The number of allylic oxidation sites excluding steroid dienone is 3. The van der Waals surface area contributed by atoms with Gasteiger partial charge in [-0.3, -0.25) is 9.78 Å². The highest BCUT2D eigenvalue weighted by Crippen LogP contribution is 2.42. The number of nitrogens with one attached hydrogen (secondary N) is 1. The Bertz CT molecular complexity index is 732. The maximum atomic E-state index is 12.7. The van der Waals surface area contributed by atoms with Gasteiger partial charge in [0.25, 0.3) is 0 Å². The standard InChI is InChI=1S/C19H22N2O3/c1-11(2)24-19(23)16-12(3)21-14-5-4-6-15(22)18(14)17(16)13-7-9-20-10-8-13/h7-11,17,21H,4-6H2,1-3H3/t17-/m1/s1. The normalized spacial score (nSPS) is 20.8. The number of rotatable bonds is 3. The van der Waals surface area contributed by atoms with E-state index in [0.29, 0.717) is 17.6 Å². The Morgan fingerprint density at radius 3 is 2.67 bits per heavy atom. The van der Waals surface area contributed by atoms with Crippen molar-refractivity contribution in [3.05, 3.63) is 52.6 Å². The minimum Gasteiger partial charge on any atom is -0.460 e. The highest BCUT2D eigenvalue weighted by atomic mass is 16.5. The van der Waals surface area contributed by atoms with Crippen molar-refractivity contribution in [3.8, 4) is 0 Å². The number of carbonyl (C=O) groups excluding carboxylic acids is 2. The van der Waals surface area contributed by atoms with Crippen LogP contribution in [0.5, 0.6) is 0 Å². The first-order chi connectivity index (χ1) is 11.5. The molecule has 0 fully saturated rings. The molecule has 5 nitrogen and oxygen atoms in total. The number of esters is 1. The molecule has 1 atom stereocenters. The van der Waals surface area contributed by atoms with E-state index in [1.165, 1.54) is 0 Å². The lowest BCUT2D eigenvalue weighted by molar-refractivity contribution is -0.143. The number of hydrogen-bond donors (Lipinski definition) is 1. The number of ketones is 1. The topological polar surface area (TPSA) is 68.3 Å². The van der Waals surface area contributed by atoms with Gasteiger partial charge in [-0.25, -0.2) is 4.79 Å². The van der Waals surface area contributed by atoms with Gasteiger partial charge in [0.2, 0.25) is 0 Å². The van der Waals surface area contributed by atoms with E-state index in [-0.39, 0.29) is 23.8 Å². The Labute approximate surface area is 141 Å². The van der Waals surface area contributed by atoms with E-state index in [0.717, 1.165) is 29.8 Å². The molecule has 2 heterocycles. The molecule has 126 valence electrons. The average molecular weight is 326 g/mol. The summed E-state index contributed by atoms with van der Waals surface area (Å²) in [5.41, 5.74) is 3.81. The molecule has 1 aromatic rings. The molecule has 2 aliphatic rings. The number of carbonyl (C=O) groups is 2. The number of pyridine rings is 1. The quantitative estimate of drug-likeness (QED) is 0.865. The molecule has 0 amide bonds. The Morgan fingerprint density at radius 1 is 1.29 bits per heavy atom. The SMILES string of the molecule is CC1=C(C(=O)OC(C)C)[C@@H](c2ccncc2)C2=C(CCCC2=O)N1. The summed E-state index contributed by atoms with van der Waals surface area (Å²) in [5.74, 6) is -0.655. The summed E-state index contributed by atoms with van der Waals surface area (Å²) in [6, 6.07) is 3.72. The number of dihydropyridines is 1. The molecule has 0 radical (unpaired) electrons. The van der Waals surface area contributed by atoms with Crippen LogP contribution >= 0.6 is 0 Å². The van der Waals surface area contributed by atoms with Crippen molar-refractivity contribution in [2.24, 2.45) is 0 Å². The highest BCUT2D eigenvalue weighted by molar-refractivity contribution is 6.03. The monoisotopic (exact) mass is 326 g/mol. The maximum Gasteiger partial charge on any atom is 0.337 e. The molecular formula is C19H22N2O3. The van der Waals surface area contributed by atoms with Crippen molar-refractivity contribution >= 4 is 11.8 Å². The van der Waals surface area contributed by atoms with Gasteiger partial charge in [-0.05, 0) is 51.3 Å². The van der Waals surface area contributed by atoms with E-state index in [1.54, 1.807) is 12.4 Å². The Kier molecular flexibility index (Phi) is 4.51. The van der Waals surface area contributed by atoms with Crippen LogP contribution in [0.3, 0.4) is 0 Å². The third-order valence-corrected chi connectivity index (χ3v) is 4.38. The summed E-state index contributed by atoms with van der Waals surface area (Å²) >= 11 is 0. The molecule has 1 aromatic heterocycles. The molecule has 0 unspecified atom stereocenters. The molecule has 1 aliphatic heterocycles. The molecular weight excluding hydrogens is 304 g/mol. The van der Waals surface area contributed by atoms with Crippen molar-refractivity contribution in [2.75, 3.05) is 0 Å².